The third-order valence-electron chi connectivity index (χ3n) is 7.50. The van der Waals surface area contributed by atoms with Gasteiger partial charge in [-0.05, 0) is 54.7 Å². The van der Waals surface area contributed by atoms with Crippen LogP contribution in [0, 0.1) is 0 Å². The number of aromatic nitrogens is 5. The van der Waals surface area contributed by atoms with Crippen LogP contribution in [0.5, 0.6) is 5.88 Å². The van der Waals surface area contributed by atoms with E-state index in [0.717, 1.165) is 23.1 Å². The van der Waals surface area contributed by atoms with Crippen molar-refractivity contribution in [2.24, 2.45) is 0 Å². The summed E-state index contributed by atoms with van der Waals surface area (Å²) in [6, 6.07) is 24.6. The highest BCUT2D eigenvalue weighted by Crippen LogP contribution is 2.37. The molecule has 0 unspecified atom stereocenters. The van der Waals surface area contributed by atoms with Crippen molar-refractivity contribution in [2.75, 3.05) is 17.7 Å². The highest BCUT2D eigenvalue weighted by Gasteiger charge is 2.22. The molecule has 2 fully saturated rings. The van der Waals surface area contributed by atoms with E-state index in [4.69, 9.17) is 4.74 Å². The number of fused-ring (bicyclic) bond motifs is 1. The van der Waals surface area contributed by atoms with E-state index in [1.54, 1.807) is 7.11 Å². The molecular weight excluding hydrogens is 474 g/mol. The lowest BCUT2D eigenvalue weighted by Gasteiger charge is -2.23. The lowest BCUT2D eigenvalue weighted by Crippen LogP contribution is -2.08. The number of H-pyrrole nitrogens is 2. The lowest BCUT2D eigenvalue weighted by atomic mass is 9.83. The summed E-state index contributed by atoms with van der Waals surface area (Å²) in [4.78, 5) is 4.29. The van der Waals surface area contributed by atoms with Crippen LogP contribution in [0.3, 0.4) is 0 Å². The Kier molecular flexibility index (Phi) is 6.93. The van der Waals surface area contributed by atoms with E-state index >= 15 is 0 Å². The first-order valence-electron chi connectivity index (χ1n) is 13.4. The Morgan fingerprint density at radius 3 is 1.97 bits per heavy atom. The van der Waals surface area contributed by atoms with Crippen LogP contribution in [0.4, 0.5) is 23.1 Å². The second-order valence-electron chi connectivity index (χ2n) is 10.0. The van der Waals surface area contributed by atoms with Crippen LogP contribution in [0.2, 0.25) is 0 Å². The molecule has 2 aromatic carbocycles. The summed E-state index contributed by atoms with van der Waals surface area (Å²) >= 11 is 0. The molecule has 3 heterocycles. The molecule has 0 saturated heterocycles. The fourth-order valence-electron chi connectivity index (χ4n) is 4.80. The van der Waals surface area contributed by atoms with Gasteiger partial charge in [-0.3, -0.25) is 10.2 Å². The molecule has 2 aliphatic carbocycles. The zero-order valence-corrected chi connectivity index (χ0v) is 21.6. The second-order valence-corrected chi connectivity index (χ2v) is 10.0. The largest absolute Gasteiger partial charge is 0.481 e. The maximum atomic E-state index is 5.08. The van der Waals surface area contributed by atoms with Gasteiger partial charge >= 0.3 is 0 Å². The Hall–Kier alpha value is -4.33. The minimum Gasteiger partial charge on any atom is -0.481 e. The third-order valence-corrected chi connectivity index (χ3v) is 7.50. The molecule has 2 saturated carbocycles. The number of aromatic amines is 2. The Morgan fingerprint density at radius 2 is 1.34 bits per heavy atom. The third kappa shape index (κ3) is 5.49. The maximum absolute atomic E-state index is 5.08. The van der Waals surface area contributed by atoms with Crippen molar-refractivity contribution >= 4 is 33.9 Å². The predicted octanol–water partition coefficient (Wildman–Crippen LogP) is 7.40. The molecule has 8 heteroatoms. The minimum absolute atomic E-state index is 0.592. The number of benzene rings is 2. The molecular formula is C30H33N7O. The molecule has 0 amide bonds. The number of rotatable bonds is 7. The Morgan fingerprint density at radius 1 is 0.684 bits per heavy atom. The van der Waals surface area contributed by atoms with Crippen LogP contribution in [0.1, 0.15) is 61.7 Å². The summed E-state index contributed by atoms with van der Waals surface area (Å²) in [5.74, 6) is 4.39. The highest BCUT2D eigenvalue weighted by molar-refractivity contribution is 5.86. The topological polar surface area (TPSA) is 104 Å². The number of methoxy groups -OCH3 is 1. The normalized spacial score (nSPS) is 15.2. The van der Waals surface area contributed by atoms with Crippen molar-refractivity contribution in [3.05, 3.63) is 84.2 Å². The van der Waals surface area contributed by atoms with Crippen LogP contribution in [-0.2, 0) is 0 Å². The zero-order valence-electron chi connectivity index (χ0n) is 21.6. The molecule has 3 aromatic heterocycles. The number of nitrogens with one attached hydrogen (secondary N) is 4. The average molecular weight is 508 g/mol. The number of nitrogens with zero attached hydrogens (tertiary/aromatic N) is 3. The molecule has 2 aliphatic rings. The molecule has 194 valence electrons. The summed E-state index contributed by atoms with van der Waals surface area (Å²) in [5.41, 5.74) is 3.56. The quantitative estimate of drug-likeness (QED) is 0.183. The smallest absolute Gasteiger partial charge is 0.214 e. The van der Waals surface area contributed by atoms with Crippen LogP contribution in [-0.4, -0.2) is 32.5 Å². The predicted molar refractivity (Wildman–Crippen MR) is 152 cm³/mol. The van der Waals surface area contributed by atoms with Crippen molar-refractivity contribution in [1.82, 2.24) is 25.4 Å². The van der Waals surface area contributed by atoms with Crippen LogP contribution in [0.15, 0.2) is 72.8 Å². The molecule has 5 aromatic rings. The number of pyridine rings is 1. The van der Waals surface area contributed by atoms with Crippen molar-refractivity contribution in [3.63, 3.8) is 0 Å². The van der Waals surface area contributed by atoms with E-state index in [2.05, 4.69) is 90.6 Å². The molecule has 38 heavy (non-hydrogen) atoms. The van der Waals surface area contributed by atoms with Crippen molar-refractivity contribution in [1.29, 1.82) is 0 Å². The summed E-state index contributed by atoms with van der Waals surface area (Å²) < 4.78 is 5.08. The SMILES string of the molecule is COc1cccc(Nc2cc(C3CCC3)[nH]n2)n1.c1ccc2cc(Nc3cc(C4CCC4)[nH]n3)ccc2c1. The fourth-order valence-corrected chi connectivity index (χ4v) is 4.80. The van der Waals surface area contributed by atoms with Crippen LogP contribution < -0.4 is 15.4 Å². The van der Waals surface area contributed by atoms with Gasteiger partial charge in [0.1, 0.15) is 5.82 Å². The summed E-state index contributed by atoms with van der Waals surface area (Å²) in [6.45, 7) is 0. The minimum atomic E-state index is 0.592. The van der Waals surface area contributed by atoms with Gasteiger partial charge in [0.25, 0.3) is 0 Å². The summed E-state index contributed by atoms with van der Waals surface area (Å²) in [7, 11) is 1.61. The Balaban J connectivity index is 0.000000140. The zero-order chi connectivity index (χ0) is 25.7. The highest BCUT2D eigenvalue weighted by atomic mass is 16.5. The standard InChI is InChI=1S/C17H17N3.C13H16N4O/c1-2-5-14-10-15(9-8-12(14)4-1)18-17-11-16(19-20-17)13-6-3-7-13;1-18-13-7-3-6-11(15-13)14-12-8-10(16-17-12)9-4-2-5-9/h1-2,4-5,8-11,13H,3,6-7H2,(H2,18,19,20);3,6-9H,2,4-5H2,1H3,(H2,14,15,16,17). The van der Waals surface area contributed by atoms with E-state index < -0.39 is 0 Å². The van der Waals surface area contributed by atoms with E-state index in [0.29, 0.717) is 17.7 Å². The molecule has 4 N–H and O–H groups in total. The van der Waals surface area contributed by atoms with Gasteiger partial charge in [0.15, 0.2) is 11.6 Å². The summed E-state index contributed by atoms with van der Waals surface area (Å²) in [5, 5.41) is 23.9. The molecule has 0 spiro atoms. The first kappa shape index (κ1) is 24.0. The van der Waals surface area contributed by atoms with Crippen molar-refractivity contribution in [3.8, 4) is 5.88 Å². The van der Waals surface area contributed by atoms with Crippen LogP contribution >= 0.6 is 0 Å². The average Bonchev–Trinajstić information content (AvgIpc) is 3.52. The second kappa shape index (κ2) is 11.0. The van der Waals surface area contributed by atoms with E-state index in [1.165, 1.54) is 60.7 Å². The maximum Gasteiger partial charge on any atom is 0.214 e. The van der Waals surface area contributed by atoms with Crippen molar-refractivity contribution < 1.29 is 4.74 Å². The fraction of sp³-hybridized carbons (Fsp3) is 0.300. The molecule has 0 atom stereocenters. The van der Waals surface area contributed by atoms with Crippen LogP contribution in [0.25, 0.3) is 10.8 Å². The number of ether oxygens (including phenoxy) is 1. The van der Waals surface area contributed by atoms with E-state index in [9.17, 15) is 0 Å². The van der Waals surface area contributed by atoms with Gasteiger partial charge in [-0.2, -0.15) is 15.2 Å². The van der Waals surface area contributed by atoms with Gasteiger partial charge in [-0.15, -0.1) is 0 Å². The van der Waals surface area contributed by atoms with Gasteiger partial charge in [0, 0.05) is 47.1 Å². The molecule has 0 radical (unpaired) electrons. The number of hydrogen-bond acceptors (Lipinski definition) is 6. The number of hydrogen-bond donors (Lipinski definition) is 4. The van der Waals surface area contributed by atoms with Gasteiger partial charge in [0.2, 0.25) is 5.88 Å². The van der Waals surface area contributed by atoms with Gasteiger partial charge in [0.05, 0.1) is 7.11 Å². The molecule has 8 nitrogen and oxygen atoms in total. The lowest BCUT2D eigenvalue weighted by molar-refractivity contribution is 0.398. The van der Waals surface area contributed by atoms with E-state index in [1.807, 2.05) is 18.2 Å². The molecule has 0 aliphatic heterocycles. The Bertz CT molecular complexity index is 1500. The van der Waals surface area contributed by atoms with Gasteiger partial charge < -0.3 is 15.4 Å². The monoisotopic (exact) mass is 507 g/mol. The summed E-state index contributed by atoms with van der Waals surface area (Å²) in [6.07, 6.45) is 7.77. The first-order chi connectivity index (χ1) is 18.7. The first-order valence-corrected chi connectivity index (χ1v) is 13.4. The van der Waals surface area contributed by atoms with Gasteiger partial charge in [-0.25, -0.2) is 0 Å². The van der Waals surface area contributed by atoms with Crippen molar-refractivity contribution in [2.45, 2.75) is 50.4 Å². The molecule has 7 rings (SSSR count). The molecule has 0 bridgehead atoms. The number of anilines is 4. The van der Waals surface area contributed by atoms with Gasteiger partial charge in [-0.1, -0.05) is 49.2 Å². The van der Waals surface area contributed by atoms with E-state index in [-0.39, 0.29) is 0 Å². The Labute approximate surface area is 222 Å².